The monoisotopic (exact) mass is 502 g/mol. The first-order valence-corrected chi connectivity index (χ1v) is 11.1. The van der Waals surface area contributed by atoms with Crippen molar-refractivity contribution in [3.8, 4) is 5.75 Å². The Kier molecular flexibility index (Phi) is 7.02. The van der Waals surface area contributed by atoms with Crippen LogP contribution in [-0.2, 0) is 10.1 Å². The number of halogens is 5. The van der Waals surface area contributed by atoms with Crippen molar-refractivity contribution in [2.24, 2.45) is 10.9 Å². The second-order valence-electron chi connectivity index (χ2n) is 6.56. The van der Waals surface area contributed by atoms with Crippen molar-refractivity contribution in [2.75, 3.05) is 0 Å². The highest BCUT2D eigenvalue weighted by Gasteiger charge is 2.48. The standard InChI is InChI=1S/C21H15Cl2F3N2O3S/c22-16-7-1-13(2-8-16)19(20(28-27)15-3-9-17(23)10-4-15)14-5-11-18(12-6-14)31-32(29,30)21(24,25)26/h1-12,19H,27H2/b28-20-. The molecule has 0 aliphatic rings. The highest BCUT2D eigenvalue weighted by molar-refractivity contribution is 7.88. The molecule has 0 spiro atoms. The molecule has 1 unspecified atom stereocenters. The number of benzene rings is 3. The van der Waals surface area contributed by atoms with Crippen LogP contribution in [0.25, 0.3) is 0 Å². The van der Waals surface area contributed by atoms with Gasteiger partial charge in [-0.1, -0.05) is 59.6 Å². The maximum atomic E-state index is 12.6. The average Bonchev–Trinajstić information content (AvgIpc) is 2.73. The van der Waals surface area contributed by atoms with Crippen LogP contribution in [0.1, 0.15) is 22.6 Å². The van der Waals surface area contributed by atoms with Gasteiger partial charge in [-0.3, -0.25) is 0 Å². The van der Waals surface area contributed by atoms with E-state index in [2.05, 4.69) is 9.28 Å². The van der Waals surface area contributed by atoms with Gasteiger partial charge in [0.25, 0.3) is 0 Å². The van der Waals surface area contributed by atoms with E-state index in [0.717, 1.165) is 17.7 Å². The van der Waals surface area contributed by atoms with E-state index in [4.69, 9.17) is 29.0 Å². The summed E-state index contributed by atoms with van der Waals surface area (Å²) in [5.41, 5.74) is -3.11. The van der Waals surface area contributed by atoms with E-state index in [0.29, 0.717) is 26.9 Å². The number of hydrazone groups is 1. The van der Waals surface area contributed by atoms with Crippen LogP contribution in [0, 0.1) is 0 Å². The Balaban J connectivity index is 2.04. The lowest BCUT2D eigenvalue weighted by Gasteiger charge is -2.21. The molecule has 0 heterocycles. The van der Waals surface area contributed by atoms with Gasteiger partial charge in [0.1, 0.15) is 5.75 Å². The molecule has 3 aromatic rings. The molecule has 168 valence electrons. The molecular weight excluding hydrogens is 488 g/mol. The Morgan fingerprint density at radius 2 is 1.28 bits per heavy atom. The van der Waals surface area contributed by atoms with Crippen LogP contribution < -0.4 is 10.0 Å². The number of rotatable bonds is 6. The maximum absolute atomic E-state index is 12.6. The summed E-state index contributed by atoms with van der Waals surface area (Å²) in [4.78, 5) is 0. The van der Waals surface area contributed by atoms with Crippen molar-refractivity contribution >= 4 is 39.0 Å². The first kappa shape index (κ1) is 23.9. The molecule has 0 fully saturated rings. The van der Waals surface area contributed by atoms with E-state index < -0.39 is 27.3 Å². The molecule has 1 atom stereocenters. The number of hydrogen-bond donors (Lipinski definition) is 1. The van der Waals surface area contributed by atoms with E-state index in [1.807, 2.05) is 0 Å². The Labute approximate surface area is 192 Å². The van der Waals surface area contributed by atoms with Crippen molar-refractivity contribution in [1.29, 1.82) is 0 Å². The van der Waals surface area contributed by atoms with Crippen LogP contribution in [0.5, 0.6) is 5.75 Å². The first-order valence-electron chi connectivity index (χ1n) is 8.92. The van der Waals surface area contributed by atoms with Crippen LogP contribution in [0.2, 0.25) is 10.0 Å². The van der Waals surface area contributed by atoms with Crippen LogP contribution in [0.3, 0.4) is 0 Å². The van der Waals surface area contributed by atoms with Crippen molar-refractivity contribution in [3.63, 3.8) is 0 Å². The fraction of sp³-hybridized carbons (Fsp3) is 0.0952. The summed E-state index contributed by atoms with van der Waals surface area (Å²) in [6, 6.07) is 18.8. The molecule has 0 aliphatic carbocycles. The lowest BCUT2D eigenvalue weighted by atomic mass is 9.84. The van der Waals surface area contributed by atoms with Crippen LogP contribution in [0.4, 0.5) is 13.2 Å². The second kappa shape index (κ2) is 9.40. The Bertz CT molecular complexity index is 1210. The van der Waals surface area contributed by atoms with Gasteiger partial charge in [-0.15, -0.1) is 0 Å². The number of nitrogens with zero attached hydrogens (tertiary/aromatic N) is 1. The van der Waals surface area contributed by atoms with Gasteiger partial charge in [-0.25, -0.2) is 0 Å². The normalized spacial score (nSPS) is 13.6. The van der Waals surface area contributed by atoms with Crippen molar-refractivity contribution in [1.82, 2.24) is 0 Å². The zero-order valence-corrected chi connectivity index (χ0v) is 18.4. The highest BCUT2D eigenvalue weighted by Crippen LogP contribution is 2.33. The summed E-state index contributed by atoms with van der Waals surface area (Å²) in [5, 5.41) is 4.96. The van der Waals surface area contributed by atoms with Crippen LogP contribution in [-0.4, -0.2) is 19.6 Å². The van der Waals surface area contributed by atoms with Gasteiger partial charge < -0.3 is 10.0 Å². The molecule has 5 nitrogen and oxygen atoms in total. The molecule has 2 N–H and O–H groups in total. The third-order valence-electron chi connectivity index (χ3n) is 4.46. The Morgan fingerprint density at radius 1 is 0.844 bits per heavy atom. The molecule has 0 amide bonds. The van der Waals surface area contributed by atoms with E-state index in [1.54, 1.807) is 48.5 Å². The predicted octanol–water partition coefficient (Wildman–Crippen LogP) is 5.72. The molecule has 3 rings (SSSR count). The Hall–Kier alpha value is -2.75. The topological polar surface area (TPSA) is 81.8 Å². The summed E-state index contributed by atoms with van der Waals surface area (Å²) < 4.78 is 64.4. The summed E-state index contributed by atoms with van der Waals surface area (Å²) in [6.07, 6.45) is 0. The maximum Gasteiger partial charge on any atom is 0.534 e. The van der Waals surface area contributed by atoms with Gasteiger partial charge in [-0.05, 0) is 53.1 Å². The molecule has 3 aromatic carbocycles. The van der Waals surface area contributed by atoms with E-state index in [-0.39, 0.29) is 0 Å². The minimum atomic E-state index is -5.78. The molecule has 0 bridgehead atoms. The molecule has 0 radical (unpaired) electrons. The third kappa shape index (κ3) is 5.35. The van der Waals surface area contributed by atoms with E-state index in [9.17, 15) is 21.6 Å². The van der Waals surface area contributed by atoms with Gasteiger partial charge in [0.2, 0.25) is 0 Å². The number of hydrogen-bond acceptors (Lipinski definition) is 5. The predicted molar refractivity (Wildman–Crippen MR) is 118 cm³/mol. The minimum Gasteiger partial charge on any atom is -0.376 e. The van der Waals surface area contributed by atoms with Crippen molar-refractivity contribution in [2.45, 2.75) is 11.4 Å². The summed E-state index contributed by atoms with van der Waals surface area (Å²) in [7, 11) is -5.78. The first-order chi connectivity index (χ1) is 15.0. The van der Waals surface area contributed by atoms with Crippen LogP contribution >= 0.6 is 23.2 Å². The quantitative estimate of drug-likeness (QED) is 0.154. The molecule has 0 saturated carbocycles. The third-order valence-corrected chi connectivity index (χ3v) is 5.94. The lowest BCUT2D eigenvalue weighted by molar-refractivity contribution is -0.0500. The fourth-order valence-electron chi connectivity index (χ4n) is 2.99. The smallest absolute Gasteiger partial charge is 0.376 e. The van der Waals surface area contributed by atoms with Gasteiger partial charge >= 0.3 is 15.6 Å². The van der Waals surface area contributed by atoms with Gasteiger partial charge in [-0.2, -0.15) is 26.7 Å². The van der Waals surface area contributed by atoms with E-state index in [1.165, 1.54) is 12.1 Å². The molecule has 32 heavy (non-hydrogen) atoms. The summed E-state index contributed by atoms with van der Waals surface area (Å²) in [5.74, 6) is 4.67. The Morgan fingerprint density at radius 3 is 1.72 bits per heavy atom. The van der Waals surface area contributed by atoms with E-state index >= 15 is 0 Å². The van der Waals surface area contributed by atoms with Gasteiger partial charge in [0.15, 0.2) is 0 Å². The van der Waals surface area contributed by atoms with Crippen LogP contribution in [0.15, 0.2) is 77.9 Å². The molecular formula is C21H15Cl2F3N2O3S. The molecule has 0 aromatic heterocycles. The number of nitrogens with two attached hydrogens (primary N) is 1. The molecule has 0 aliphatic heterocycles. The largest absolute Gasteiger partial charge is 0.534 e. The fourth-order valence-corrected chi connectivity index (χ4v) is 3.70. The van der Waals surface area contributed by atoms with Crippen molar-refractivity contribution in [3.05, 3.63) is 99.5 Å². The highest BCUT2D eigenvalue weighted by atomic mass is 35.5. The number of alkyl halides is 3. The lowest BCUT2D eigenvalue weighted by Crippen LogP contribution is -2.28. The second-order valence-corrected chi connectivity index (χ2v) is 8.97. The average molecular weight is 503 g/mol. The SMILES string of the molecule is N/N=C(/c1ccc(Cl)cc1)C(c1ccc(Cl)cc1)c1ccc(OS(=O)(=O)C(F)(F)F)cc1. The zero-order chi connectivity index (χ0) is 23.5. The molecule has 0 saturated heterocycles. The van der Waals surface area contributed by atoms with Gasteiger partial charge in [0.05, 0.1) is 11.6 Å². The van der Waals surface area contributed by atoms with Crippen molar-refractivity contribution < 1.29 is 25.8 Å². The summed E-state index contributed by atoms with van der Waals surface area (Å²) >= 11 is 12.0. The zero-order valence-electron chi connectivity index (χ0n) is 16.1. The summed E-state index contributed by atoms with van der Waals surface area (Å²) in [6.45, 7) is 0. The molecule has 11 heteroatoms. The van der Waals surface area contributed by atoms with Gasteiger partial charge in [0, 0.05) is 10.0 Å². The minimum absolute atomic E-state index is 0.445.